The first-order valence-corrected chi connectivity index (χ1v) is 6.09. The van der Waals surface area contributed by atoms with Gasteiger partial charge in [-0.25, -0.2) is 9.37 Å². The maximum atomic E-state index is 12.2. The lowest BCUT2D eigenvalue weighted by Crippen LogP contribution is -1.89. The van der Waals surface area contributed by atoms with E-state index in [4.69, 9.17) is 7.48 Å². The Bertz CT molecular complexity index is 812. The molecule has 4 nitrogen and oxygen atoms in total. The first kappa shape index (κ1) is 10.3. The molecule has 0 saturated carbocycles. The van der Waals surface area contributed by atoms with E-state index in [1.54, 1.807) is 6.20 Å². The summed E-state index contributed by atoms with van der Waals surface area (Å²) < 4.78 is 34.8. The van der Waals surface area contributed by atoms with E-state index in [0.717, 1.165) is 5.69 Å². The molecule has 2 aromatic heterocycles. The second-order valence-electron chi connectivity index (χ2n) is 4.17. The maximum Gasteiger partial charge on any atom is 0.228 e. The third-order valence-electron chi connectivity index (χ3n) is 2.94. The molecule has 0 aliphatic rings. The summed E-state index contributed by atoms with van der Waals surface area (Å²) in [6.45, 7) is -0.987. The van der Waals surface area contributed by atoms with Gasteiger partial charge in [0.15, 0.2) is 0 Å². The molecule has 3 rings (SSSR count). The van der Waals surface area contributed by atoms with Crippen molar-refractivity contribution in [2.24, 2.45) is 0 Å². The van der Waals surface area contributed by atoms with Gasteiger partial charge in [0.2, 0.25) is 6.86 Å². The van der Waals surface area contributed by atoms with Crippen LogP contribution in [-0.4, -0.2) is 23.3 Å². The molecule has 0 amide bonds. The van der Waals surface area contributed by atoms with Crippen molar-refractivity contribution in [1.29, 1.82) is 0 Å². The van der Waals surface area contributed by atoms with Gasteiger partial charge in [-0.15, -0.1) is 0 Å². The number of hydrogen-bond acceptors (Lipinski definition) is 3. The number of halogens is 1. The number of benzene rings is 1. The topological polar surface area (TPSA) is 38.6 Å². The predicted molar refractivity (Wildman–Crippen MR) is 76.8 cm³/mol. The first-order chi connectivity index (χ1) is 10.6. The largest absolute Gasteiger partial charge is 0.463 e. The molecule has 0 bridgehead atoms. The minimum atomic E-state index is -0.987. The smallest absolute Gasteiger partial charge is 0.228 e. The van der Waals surface area contributed by atoms with Crippen LogP contribution in [0.2, 0.25) is 0 Å². The fourth-order valence-electron chi connectivity index (χ4n) is 1.92. The molecule has 0 aliphatic heterocycles. The Labute approximate surface area is 118 Å². The summed E-state index contributed by atoms with van der Waals surface area (Å²) in [4.78, 5) is 4.46. The van der Waals surface area contributed by atoms with E-state index in [-0.39, 0.29) is 17.8 Å². The number of nitrogens with one attached hydrogen (secondary N) is 1. The molecule has 0 unspecified atom stereocenters. The van der Waals surface area contributed by atoms with Crippen molar-refractivity contribution < 1.29 is 11.9 Å². The van der Waals surface area contributed by atoms with Crippen LogP contribution in [0.3, 0.4) is 0 Å². The highest BCUT2D eigenvalue weighted by atomic mass is 19.1. The average Bonchev–Trinajstić information content (AvgIpc) is 2.89. The van der Waals surface area contributed by atoms with E-state index in [1.165, 1.54) is 12.1 Å². The number of fused-ring (bicyclic) bond motifs is 1. The zero-order valence-electron chi connectivity index (χ0n) is 12.9. The van der Waals surface area contributed by atoms with Gasteiger partial charge < -0.3 is 14.5 Å². The van der Waals surface area contributed by atoms with E-state index in [2.05, 4.69) is 10.3 Å². The van der Waals surface area contributed by atoms with Crippen LogP contribution >= 0.6 is 0 Å². The lowest BCUT2D eigenvalue weighted by Gasteiger charge is -2.01. The highest BCUT2D eigenvalue weighted by Crippen LogP contribution is 2.23. The molecule has 0 atom stereocenters. The van der Waals surface area contributed by atoms with Crippen molar-refractivity contribution in [2.45, 2.75) is 0 Å². The third-order valence-corrected chi connectivity index (χ3v) is 2.94. The number of hydrogen-bond donors (Lipinski definition) is 1. The molecule has 0 radical (unpaired) electrons. The van der Waals surface area contributed by atoms with Crippen LogP contribution in [0.1, 0.15) is 2.74 Å². The van der Waals surface area contributed by atoms with Crippen LogP contribution in [0.5, 0.6) is 5.75 Å². The lowest BCUT2D eigenvalue weighted by atomic mass is 10.2. The molecule has 3 aromatic rings. The van der Waals surface area contributed by atoms with E-state index in [9.17, 15) is 4.39 Å². The Kier molecular flexibility index (Phi) is 2.67. The highest BCUT2D eigenvalue weighted by Gasteiger charge is 2.05. The van der Waals surface area contributed by atoms with Crippen LogP contribution in [-0.2, 0) is 0 Å². The summed E-state index contributed by atoms with van der Waals surface area (Å²) >= 11 is 0. The molecule has 102 valence electrons. The van der Waals surface area contributed by atoms with Crippen LogP contribution in [0, 0.1) is 0 Å². The van der Waals surface area contributed by atoms with Gasteiger partial charge >= 0.3 is 0 Å². The molecule has 5 heteroatoms. The summed E-state index contributed by atoms with van der Waals surface area (Å²) in [7, 11) is 1.82. The Balaban J connectivity index is 2.10. The molecular weight excluding hydrogens is 257 g/mol. The zero-order chi connectivity index (χ0) is 15.7. The van der Waals surface area contributed by atoms with Gasteiger partial charge in [0, 0.05) is 36.8 Å². The summed E-state index contributed by atoms with van der Waals surface area (Å²) in [5.41, 5.74) is 2.55. The normalized spacial score (nSPS) is 12.1. The van der Waals surface area contributed by atoms with Crippen molar-refractivity contribution in [3.8, 4) is 17.0 Å². The zero-order valence-corrected chi connectivity index (χ0v) is 10.9. The monoisotopic (exact) mass is 275 g/mol. The second kappa shape index (κ2) is 5.21. The number of anilines is 1. The Hall–Kier alpha value is -2.56. The minimum Gasteiger partial charge on any atom is -0.463 e. The van der Waals surface area contributed by atoms with Gasteiger partial charge in [-0.05, 0) is 30.3 Å². The summed E-state index contributed by atoms with van der Waals surface area (Å²) in [6, 6.07) is 6.70. The van der Waals surface area contributed by atoms with Crippen LogP contribution < -0.4 is 10.1 Å². The number of ether oxygens (including phenoxy) is 1. The molecule has 2 heterocycles. The molecule has 0 fully saturated rings. The first-order valence-electron chi connectivity index (χ1n) is 7.09. The molecular formula is C15H14FN3O. The van der Waals surface area contributed by atoms with Crippen molar-refractivity contribution in [3.05, 3.63) is 48.7 Å². The Morgan fingerprint density at radius 1 is 1.40 bits per heavy atom. The average molecular weight is 275 g/mol. The number of pyridine rings is 1. The number of imidazole rings is 1. The van der Waals surface area contributed by atoms with Crippen LogP contribution in [0.15, 0.2) is 48.7 Å². The fourth-order valence-corrected chi connectivity index (χ4v) is 1.92. The SMILES string of the molecule is [3H]c1cc(OCF)cc([3H])c1-c1cn2ccc(NC)cc2n1. The molecule has 1 aromatic carbocycles. The van der Waals surface area contributed by atoms with Crippen LogP contribution in [0.4, 0.5) is 10.1 Å². The van der Waals surface area contributed by atoms with Gasteiger partial charge in [-0.3, -0.25) is 0 Å². The molecule has 0 aliphatic carbocycles. The van der Waals surface area contributed by atoms with Crippen molar-refractivity contribution >= 4 is 11.3 Å². The molecule has 0 saturated heterocycles. The lowest BCUT2D eigenvalue weighted by molar-refractivity contribution is 0.192. The van der Waals surface area contributed by atoms with E-state index >= 15 is 0 Å². The van der Waals surface area contributed by atoms with E-state index in [1.807, 2.05) is 29.8 Å². The predicted octanol–water partition coefficient (Wildman–Crippen LogP) is 3.35. The molecule has 20 heavy (non-hydrogen) atoms. The number of alkyl halides is 1. The van der Waals surface area contributed by atoms with Gasteiger partial charge in [0.1, 0.15) is 11.4 Å². The van der Waals surface area contributed by atoms with Crippen molar-refractivity contribution in [3.63, 3.8) is 0 Å². The van der Waals surface area contributed by atoms with E-state index in [0.29, 0.717) is 16.9 Å². The summed E-state index contributed by atoms with van der Waals surface area (Å²) in [5.74, 6) is 0.169. The number of rotatable bonds is 4. The minimum absolute atomic E-state index is 0.0770. The van der Waals surface area contributed by atoms with Gasteiger partial charge in [-0.1, -0.05) is 0 Å². The van der Waals surface area contributed by atoms with Gasteiger partial charge in [-0.2, -0.15) is 0 Å². The van der Waals surface area contributed by atoms with Gasteiger partial charge in [0.25, 0.3) is 0 Å². The maximum absolute atomic E-state index is 12.2. The second-order valence-corrected chi connectivity index (χ2v) is 4.17. The number of nitrogens with zero attached hydrogens (tertiary/aromatic N) is 2. The van der Waals surface area contributed by atoms with Crippen LogP contribution in [0.25, 0.3) is 16.9 Å². The third kappa shape index (κ3) is 2.30. The van der Waals surface area contributed by atoms with Crippen molar-refractivity contribution in [2.75, 3.05) is 19.2 Å². The molecule has 0 spiro atoms. The standard InChI is InChI=1S/C15H14FN3O/c1-17-12-6-7-19-9-14(18-15(19)8-12)11-2-4-13(5-3-11)20-10-16/h2-9,17H,10H2,1H3/i2T,3T. The van der Waals surface area contributed by atoms with Gasteiger partial charge in [0.05, 0.1) is 8.44 Å². The van der Waals surface area contributed by atoms with Crippen molar-refractivity contribution in [1.82, 2.24) is 9.38 Å². The Morgan fingerprint density at radius 2 is 2.20 bits per heavy atom. The quantitative estimate of drug-likeness (QED) is 0.793. The van der Waals surface area contributed by atoms with E-state index < -0.39 is 6.86 Å². The summed E-state index contributed by atoms with van der Waals surface area (Å²) in [5, 5.41) is 3.03. The highest BCUT2D eigenvalue weighted by molar-refractivity contribution is 5.65. The number of aromatic nitrogens is 2. The Morgan fingerprint density at radius 3 is 2.90 bits per heavy atom. The molecule has 1 N–H and O–H groups in total. The fraction of sp³-hybridized carbons (Fsp3) is 0.133. The summed E-state index contributed by atoms with van der Waals surface area (Å²) in [6.07, 6.45) is 3.61.